The van der Waals surface area contributed by atoms with E-state index in [1.54, 1.807) is 0 Å². The minimum Gasteiger partial charge on any atom is -0.456 e. The number of hydrogen-bond acceptors (Lipinski definition) is 4. The molecule has 0 fully saturated rings. The van der Waals surface area contributed by atoms with Gasteiger partial charge >= 0.3 is 0 Å². The minimum atomic E-state index is 0.650. The number of rotatable bonds is 3. The number of hydrogen-bond donors (Lipinski definition) is 0. The van der Waals surface area contributed by atoms with Gasteiger partial charge in [-0.05, 0) is 120 Å². The van der Waals surface area contributed by atoms with E-state index in [0.29, 0.717) is 11.1 Å². The van der Waals surface area contributed by atoms with Crippen molar-refractivity contribution in [1.29, 1.82) is 10.5 Å². The number of furan rings is 1. The third-order valence-electron chi connectivity index (χ3n) is 11.4. The standard InChI is InChI=1S/C50H26N4OS/c51-27-29-9-15-45-37(21-29)35-5-1-3-7-43(35)53(45)33-13-18-48-40(25-33)39-23-31(11-17-47(39)55-48)32-12-19-49-41(24-32)42-26-34(14-20-50(42)56-49)54-44-8-4-2-6-36(44)38-22-30(28-52)10-16-46(38)54/h1-26H. The molecule has 4 heterocycles. The lowest BCUT2D eigenvalue weighted by atomic mass is 10.0. The van der Waals surface area contributed by atoms with Gasteiger partial charge in [0.05, 0.1) is 45.3 Å². The minimum absolute atomic E-state index is 0.650. The van der Waals surface area contributed by atoms with Crippen LogP contribution < -0.4 is 0 Å². The fourth-order valence-corrected chi connectivity index (χ4v) is 9.88. The molecule has 0 aliphatic heterocycles. The Balaban J connectivity index is 1.00. The topological polar surface area (TPSA) is 70.6 Å². The molecule has 4 aromatic heterocycles. The molecule has 0 aliphatic rings. The Morgan fingerprint density at radius 2 is 0.857 bits per heavy atom. The maximum Gasteiger partial charge on any atom is 0.135 e. The smallest absolute Gasteiger partial charge is 0.135 e. The van der Waals surface area contributed by atoms with Crippen LogP contribution in [0.5, 0.6) is 0 Å². The summed E-state index contributed by atoms with van der Waals surface area (Å²) in [6.07, 6.45) is 0. The molecule has 258 valence electrons. The second-order valence-electron chi connectivity index (χ2n) is 14.4. The van der Waals surface area contributed by atoms with Gasteiger partial charge < -0.3 is 13.6 Å². The second-order valence-corrected chi connectivity index (χ2v) is 15.5. The summed E-state index contributed by atoms with van der Waals surface area (Å²) >= 11 is 1.81. The van der Waals surface area contributed by atoms with Gasteiger partial charge in [0.15, 0.2) is 0 Å². The number of fused-ring (bicyclic) bond motifs is 12. The Hall–Kier alpha value is -7.64. The molecule has 0 unspecified atom stereocenters. The Morgan fingerprint density at radius 3 is 1.48 bits per heavy atom. The fourth-order valence-electron chi connectivity index (χ4n) is 8.81. The van der Waals surface area contributed by atoms with Gasteiger partial charge in [0.2, 0.25) is 0 Å². The zero-order valence-electron chi connectivity index (χ0n) is 29.6. The van der Waals surface area contributed by atoms with Crippen LogP contribution >= 0.6 is 11.3 Å². The molecule has 56 heavy (non-hydrogen) atoms. The lowest BCUT2D eigenvalue weighted by Crippen LogP contribution is -1.93. The van der Waals surface area contributed by atoms with Gasteiger partial charge in [0.1, 0.15) is 11.2 Å². The molecule has 8 aromatic carbocycles. The van der Waals surface area contributed by atoms with Crippen LogP contribution in [0.4, 0.5) is 0 Å². The van der Waals surface area contributed by atoms with Crippen molar-refractivity contribution >= 4 is 97.1 Å². The van der Waals surface area contributed by atoms with Crippen LogP contribution in [0.15, 0.2) is 162 Å². The van der Waals surface area contributed by atoms with Gasteiger partial charge in [-0.2, -0.15) is 10.5 Å². The van der Waals surface area contributed by atoms with Crippen molar-refractivity contribution in [2.45, 2.75) is 0 Å². The molecule has 6 heteroatoms. The summed E-state index contributed by atoms with van der Waals surface area (Å²) in [5.74, 6) is 0. The normalized spacial score (nSPS) is 11.9. The Labute approximate surface area is 323 Å². The lowest BCUT2D eigenvalue weighted by molar-refractivity contribution is 0.669. The summed E-state index contributed by atoms with van der Waals surface area (Å²) in [6.45, 7) is 0. The highest BCUT2D eigenvalue weighted by Crippen LogP contribution is 2.41. The van der Waals surface area contributed by atoms with E-state index in [-0.39, 0.29) is 0 Å². The van der Waals surface area contributed by atoms with Crippen molar-refractivity contribution in [1.82, 2.24) is 9.13 Å². The molecular formula is C50H26N4OS. The van der Waals surface area contributed by atoms with Crippen molar-refractivity contribution in [2.75, 3.05) is 0 Å². The van der Waals surface area contributed by atoms with E-state index in [4.69, 9.17) is 4.42 Å². The molecule has 0 amide bonds. The van der Waals surface area contributed by atoms with E-state index in [0.717, 1.165) is 88.1 Å². The van der Waals surface area contributed by atoms with Crippen LogP contribution in [-0.4, -0.2) is 9.13 Å². The van der Waals surface area contributed by atoms with Crippen molar-refractivity contribution in [3.63, 3.8) is 0 Å². The first-order valence-corrected chi connectivity index (χ1v) is 19.3. The molecule has 0 atom stereocenters. The summed E-state index contributed by atoms with van der Waals surface area (Å²) in [6, 6.07) is 59.7. The molecule has 0 bridgehead atoms. The predicted octanol–water partition coefficient (Wildman–Crippen LogP) is 13.6. The van der Waals surface area contributed by atoms with Crippen LogP contribution in [-0.2, 0) is 0 Å². The van der Waals surface area contributed by atoms with Gasteiger partial charge in [0, 0.05) is 63.9 Å². The highest BCUT2D eigenvalue weighted by Gasteiger charge is 2.17. The zero-order chi connectivity index (χ0) is 37.1. The van der Waals surface area contributed by atoms with E-state index in [1.165, 1.54) is 20.2 Å². The molecule has 0 N–H and O–H groups in total. The average molecular weight is 731 g/mol. The molecule has 0 saturated heterocycles. The van der Waals surface area contributed by atoms with Gasteiger partial charge in [0.25, 0.3) is 0 Å². The highest BCUT2D eigenvalue weighted by atomic mass is 32.1. The monoisotopic (exact) mass is 730 g/mol. The van der Waals surface area contributed by atoms with Crippen LogP contribution in [0.3, 0.4) is 0 Å². The number of nitrogens with zero attached hydrogens (tertiary/aromatic N) is 4. The largest absolute Gasteiger partial charge is 0.456 e. The van der Waals surface area contributed by atoms with E-state index in [1.807, 2.05) is 47.7 Å². The average Bonchev–Trinajstić information content (AvgIpc) is 3.99. The van der Waals surface area contributed by atoms with Gasteiger partial charge in [-0.3, -0.25) is 0 Å². The van der Waals surface area contributed by atoms with Gasteiger partial charge in [-0.25, -0.2) is 0 Å². The van der Waals surface area contributed by atoms with Crippen molar-refractivity contribution in [3.8, 4) is 34.6 Å². The quantitative estimate of drug-likeness (QED) is 0.182. The third-order valence-corrected chi connectivity index (χ3v) is 12.5. The molecule has 5 nitrogen and oxygen atoms in total. The third kappa shape index (κ3) is 4.33. The van der Waals surface area contributed by atoms with Crippen molar-refractivity contribution < 1.29 is 4.42 Å². The van der Waals surface area contributed by atoms with Crippen LogP contribution in [0.2, 0.25) is 0 Å². The molecular weight excluding hydrogens is 705 g/mol. The summed E-state index contributed by atoms with van der Waals surface area (Å²) in [4.78, 5) is 0. The molecule has 0 spiro atoms. The van der Waals surface area contributed by atoms with Gasteiger partial charge in [-0.15, -0.1) is 11.3 Å². The first-order chi connectivity index (χ1) is 27.6. The summed E-state index contributed by atoms with van der Waals surface area (Å²) in [5.41, 5.74) is 11.8. The number of nitriles is 2. The summed E-state index contributed by atoms with van der Waals surface area (Å²) < 4.78 is 13.5. The van der Waals surface area contributed by atoms with Crippen molar-refractivity contribution in [2.24, 2.45) is 0 Å². The van der Waals surface area contributed by atoms with E-state index in [2.05, 4.69) is 143 Å². The highest BCUT2D eigenvalue weighted by molar-refractivity contribution is 7.25. The summed E-state index contributed by atoms with van der Waals surface area (Å²) in [5, 5.41) is 28.2. The predicted molar refractivity (Wildman–Crippen MR) is 230 cm³/mol. The molecule has 12 rings (SSSR count). The van der Waals surface area contributed by atoms with E-state index < -0.39 is 0 Å². The Kier molecular flexibility index (Phi) is 6.28. The zero-order valence-corrected chi connectivity index (χ0v) is 30.4. The maximum absolute atomic E-state index is 9.64. The first-order valence-electron chi connectivity index (χ1n) is 18.4. The maximum atomic E-state index is 9.64. The first kappa shape index (κ1) is 30.8. The number of benzene rings is 8. The number of aromatic nitrogens is 2. The fraction of sp³-hybridized carbons (Fsp3) is 0. The molecule has 0 radical (unpaired) electrons. The number of para-hydroxylation sites is 2. The van der Waals surface area contributed by atoms with E-state index >= 15 is 0 Å². The Morgan fingerprint density at radius 1 is 0.393 bits per heavy atom. The van der Waals surface area contributed by atoms with Crippen LogP contribution in [0.25, 0.3) is 108 Å². The SMILES string of the molecule is N#Cc1ccc2c(c1)c1ccccc1n2-c1ccc2oc3ccc(-c4ccc5sc6ccc(-n7c8ccccc8c8cc(C#N)ccc87)cc6c5c4)cc3c2c1. The Bertz CT molecular complexity index is 3500. The van der Waals surface area contributed by atoms with Gasteiger partial charge in [-0.1, -0.05) is 48.5 Å². The number of thiophene rings is 1. The van der Waals surface area contributed by atoms with Crippen molar-refractivity contribution in [3.05, 3.63) is 169 Å². The van der Waals surface area contributed by atoms with E-state index in [9.17, 15) is 10.5 Å². The van der Waals surface area contributed by atoms with Crippen LogP contribution in [0, 0.1) is 22.7 Å². The second kappa shape index (κ2) is 11.4. The molecule has 0 aliphatic carbocycles. The molecule has 12 aromatic rings. The van der Waals surface area contributed by atoms with Crippen LogP contribution in [0.1, 0.15) is 11.1 Å². The summed E-state index contributed by atoms with van der Waals surface area (Å²) in [7, 11) is 0. The molecule has 0 saturated carbocycles. The lowest BCUT2D eigenvalue weighted by Gasteiger charge is -2.09.